The molecule has 7 heteroatoms. The van der Waals surface area contributed by atoms with Crippen molar-refractivity contribution in [1.29, 1.82) is 0 Å². The normalized spacial score (nSPS) is 12.0. The van der Waals surface area contributed by atoms with Crippen LogP contribution < -0.4 is 5.32 Å². The van der Waals surface area contributed by atoms with Gasteiger partial charge in [-0.25, -0.2) is 4.39 Å². The highest BCUT2D eigenvalue weighted by Gasteiger charge is 2.23. The first-order valence-corrected chi connectivity index (χ1v) is 6.83. The molecule has 1 unspecified atom stereocenters. The minimum absolute atomic E-state index is 0.190. The Morgan fingerprint density at radius 1 is 1.29 bits per heavy atom. The molecular weight excluding hydrogens is 346 g/mol. The smallest absolute Gasteiger partial charge is 0.327 e. The van der Waals surface area contributed by atoms with Gasteiger partial charge in [0.05, 0.1) is 4.92 Å². The lowest BCUT2D eigenvalue weighted by Crippen LogP contribution is -2.09. The average Bonchev–Trinajstić information content (AvgIpc) is 2.37. The van der Waals surface area contributed by atoms with Crippen LogP contribution in [0.3, 0.4) is 0 Å². The Hall–Kier alpha value is -2.02. The molecule has 0 aliphatic rings. The minimum atomic E-state index is -1.20. The highest BCUT2D eigenvalue weighted by molar-refractivity contribution is 9.10. The van der Waals surface area contributed by atoms with Gasteiger partial charge in [0, 0.05) is 22.6 Å². The molecule has 0 amide bonds. The quantitative estimate of drug-likeness (QED) is 0.631. The Labute approximate surface area is 128 Å². The summed E-state index contributed by atoms with van der Waals surface area (Å²) in [5.41, 5.74) is -0.133. The van der Waals surface area contributed by atoms with Gasteiger partial charge in [0.25, 0.3) is 0 Å². The van der Waals surface area contributed by atoms with Gasteiger partial charge in [-0.2, -0.15) is 4.39 Å². The maximum Gasteiger partial charge on any atom is 0.327 e. The van der Waals surface area contributed by atoms with Crippen molar-refractivity contribution in [3.05, 3.63) is 68.2 Å². The van der Waals surface area contributed by atoms with Gasteiger partial charge in [-0.05, 0) is 24.6 Å². The molecule has 0 bridgehead atoms. The van der Waals surface area contributed by atoms with E-state index in [1.54, 1.807) is 13.0 Å². The molecule has 1 atom stereocenters. The van der Waals surface area contributed by atoms with Crippen LogP contribution in [0.25, 0.3) is 0 Å². The Kier molecular flexibility index (Phi) is 4.52. The Balaban J connectivity index is 2.37. The van der Waals surface area contributed by atoms with Gasteiger partial charge in [0.15, 0.2) is 0 Å². The van der Waals surface area contributed by atoms with Crippen molar-refractivity contribution in [3.63, 3.8) is 0 Å². The van der Waals surface area contributed by atoms with E-state index in [4.69, 9.17) is 0 Å². The molecule has 0 saturated heterocycles. The Bertz CT molecular complexity index is 695. The van der Waals surface area contributed by atoms with E-state index in [1.165, 1.54) is 0 Å². The summed E-state index contributed by atoms with van der Waals surface area (Å²) in [7, 11) is 0. The lowest BCUT2D eigenvalue weighted by atomic mass is 10.1. The molecule has 0 aliphatic heterocycles. The van der Waals surface area contributed by atoms with Crippen molar-refractivity contribution in [2.24, 2.45) is 0 Å². The molecule has 21 heavy (non-hydrogen) atoms. The van der Waals surface area contributed by atoms with E-state index in [2.05, 4.69) is 21.2 Å². The number of halogens is 3. The summed E-state index contributed by atoms with van der Waals surface area (Å²) in [6, 6.07) is 8.31. The van der Waals surface area contributed by atoms with Crippen molar-refractivity contribution in [1.82, 2.24) is 0 Å². The fourth-order valence-electron chi connectivity index (χ4n) is 1.95. The number of anilines is 1. The molecule has 110 valence electrons. The third-order valence-electron chi connectivity index (χ3n) is 2.93. The first-order chi connectivity index (χ1) is 9.88. The summed E-state index contributed by atoms with van der Waals surface area (Å²) < 4.78 is 27.7. The van der Waals surface area contributed by atoms with Crippen LogP contribution in [0.15, 0.2) is 40.9 Å². The van der Waals surface area contributed by atoms with Gasteiger partial charge < -0.3 is 5.32 Å². The van der Waals surface area contributed by atoms with Crippen LogP contribution >= 0.6 is 15.9 Å². The number of benzene rings is 2. The molecule has 0 fully saturated rings. The van der Waals surface area contributed by atoms with Gasteiger partial charge in [-0.15, -0.1) is 0 Å². The number of hydrogen-bond donors (Lipinski definition) is 1. The molecule has 4 nitrogen and oxygen atoms in total. The van der Waals surface area contributed by atoms with E-state index in [-0.39, 0.29) is 11.7 Å². The lowest BCUT2D eigenvalue weighted by molar-refractivity contribution is -0.386. The monoisotopic (exact) mass is 356 g/mol. The van der Waals surface area contributed by atoms with Crippen LogP contribution in [0.5, 0.6) is 0 Å². The van der Waals surface area contributed by atoms with E-state index < -0.39 is 22.2 Å². The Morgan fingerprint density at radius 2 is 2.00 bits per heavy atom. The molecular formula is C14H11BrF2N2O2. The van der Waals surface area contributed by atoms with Crippen molar-refractivity contribution in [2.45, 2.75) is 13.0 Å². The van der Waals surface area contributed by atoms with Crippen molar-refractivity contribution in [3.8, 4) is 0 Å². The van der Waals surface area contributed by atoms with Crippen LogP contribution in [0.1, 0.15) is 18.5 Å². The topological polar surface area (TPSA) is 55.2 Å². The molecule has 2 rings (SSSR count). The molecule has 2 aromatic rings. The average molecular weight is 357 g/mol. The second-order valence-corrected chi connectivity index (χ2v) is 5.38. The molecule has 2 aromatic carbocycles. The molecule has 0 saturated carbocycles. The summed E-state index contributed by atoms with van der Waals surface area (Å²) in [6.07, 6.45) is 0. The molecule has 0 aromatic heterocycles. The van der Waals surface area contributed by atoms with Crippen LogP contribution in [0, 0.1) is 21.7 Å². The molecule has 0 radical (unpaired) electrons. The minimum Gasteiger partial charge on any atom is -0.373 e. The lowest BCUT2D eigenvalue weighted by Gasteiger charge is -2.16. The summed E-state index contributed by atoms with van der Waals surface area (Å²) in [4.78, 5) is 10.1. The number of nitro benzene ring substituents is 1. The molecule has 0 heterocycles. The van der Waals surface area contributed by atoms with Gasteiger partial charge in [-0.3, -0.25) is 10.1 Å². The first-order valence-electron chi connectivity index (χ1n) is 6.04. The zero-order valence-electron chi connectivity index (χ0n) is 10.9. The van der Waals surface area contributed by atoms with E-state index in [0.717, 1.165) is 16.1 Å². The summed E-state index contributed by atoms with van der Waals surface area (Å²) >= 11 is 3.32. The third kappa shape index (κ3) is 3.55. The SMILES string of the molecule is CC(Nc1cc(F)cc(F)c1[N+](=O)[O-])c1cccc(Br)c1. The molecule has 0 aliphatic carbocycles. The zero-order chi connectivity index (χ0) is 15.6. The Morgan fingerprint density at radius 3 is 2.62 bits per heavy atom. The highest BCUT2D eigenvalue weighted by atomic mass is 79.9. The zero-order valence-corrected chi connectivity index (χ0v) is 12.5. The van der Waals surface area contributed by atoms with E-state index in [1.807, 2.05) is 18.2 Å². The number of nitrogens with one attached hydrogen (secondary N) is 1. The van der Waals surface area contributed by atoms with E-state index in [9.17, 15) is 18.9 Å². The number of rotatable bonds is 4. The number of nitrogens with zero attached hydrogens (tertiary/aromatic N) is 1. The van der Waals surface area contributed by atoms with Gasteiger partial charge in [0.2, 0.25) is 5.82 Å². The van der Waals surface area contributed by atoms with Crippen LogP contribution in [-0.2, 0) is 0 Å². The second kappa shape index (κ2) is 6.17. The predicted octanol–water partition coefficient (Wildman–Crippen LogP) is 4.81. The van der Waals surface area contributed by atoms with Gasteiger partial charge >= 0.3 is 5.69 Å². The summed E-state index contributed by atoms with van der Waals surface area (Å²) in [5, 5.41) is 13.7. The third-order valence-corrected chi connectivity index (χ3v) is 3.42. The highest BCUT2D eigenvalue weighted by Crippen LogP contribution is 2.32. The predicted molar refractivity (Wildman–Crippen MR) is 79.2 cm³/mol. The van der Waals surface area contributed by atoms with Gasteiger partial charge in [0.1, 0.15) is 11.5 Å². The largest absolute Gasteiger partial charge is 0.373 e. The summed E-state index contributed by atoms with van der Waals surface area (Å²) in [5.74, 6) is -2.08. The van der Waals surface area contributed by atoms with Gasteiger partial charge in [-0.1, -0.05) is 28.1 Å². The van der Waals surface area contributed by atoms with Crippen molar-refractivity contribution in [2.75, 3.05) is 5.32 Å². The van der Waals surface area contributed by atoms with E-state index in [0.29, 0.717) is 6.07 Å². The van der Waals surface area contributed by atoms with Crippen LogP contribution in [-0.4, -0.2) is 4.92 Å². The number of nitro groups is 1. The van der Waals surface area contributed by atoms with E-state index >= 15 is 0 Å². The van der Waals surface area contributed by atoms with Crippen molar-refractivity contribution < 1.29 is 13.7 Å². The molecule has 0 spiro atoms. The fourth-order valence-corrected chi connectivity index (χ4v) is 2.37. The van der Waals surface area contributed by atoms with Crippen molar-refractivity contribution >= 4 is 27.3 Å². The van der Waals surface area contributed by atoms with Crippen LogP contribution in [0.4, 0.5) is 20.2 Å². The second-order valence-electron chi connectivity index (χ2n) is 4.46. The maximum atomic E-state index is 13.5. The number of hydrogen-bond acceptors (Lipinski definition) is 3. The fraction of sp³-hybridized carbons (Fsp3) is 0.143. The maximum absolute atomic E-state index is 13.5. The standard InChI is InChI=1S/C14H11BrF2N2O2/c1-8(9-3-2-4-10(15)5-9)18-13-7-11(16)6-12(17)14(13)19(20)21/h2-8,18H,1H3. The first kappa shape index (κ1) is 15.4. The van der Waals surface area contributed by atoms with Crippen LogP contribution in [0.2, 0.25) is 0 Å². The molecule has 1 N–H and O–H groups in total. The summed E-state index contributed by atoms with van der Waals surface area (Å²) in [6.45, 7) is 1.74.